The van der Waals surface area contributed by atoms with E-state index in [1.165, 1.54) is 0 Å². The molecule has 0 spiro atoms. The Bertz CT molecular complexity index is 601. The molecular formula is C15H16ClN3O. The highest BCUT2D eigenvalue weighted by Gasteiger charge is 2.12. The lowest BCUT2D eigenvalue weighted by atomic mass is 10.2. The first-order valence-corrected chi connectivity index (χ1v) is 6.84. The first kappa shape index (κ1) is 14.3. The lowest BCUT2D eigenvalue weighted by molar-refractivity contribution is 0.102. The topological polar surface area (TPSA) is 54.0 Å². The number of amides is 1. The average Bonchev–Trinajstić information content (AvgIpc) is 2.45. The SMILES string of the molecule is CCCNc1ncccc1C(=O)Nc1cccc(Cl)c1. The molecule has 0 fully saturated rings. The van der Waals surface area contributed by atoms with Gasteiger partial charge in [-0.1, -0.05) is 24.6 Å². The van der Waals surface area contributed by atoms with Crippen LogP contribution in [0.25, 0.3) is 0 Å². The second kappa shape index (κ2) is 6.91. The molecule has 0 unspecified atom stereocenters. The van der Waals surface area contributed by atoms with E-state index in [-0.39, 0.29) is 5.91 Å². The molecule has 0 saturated heterocycles. The molecule has 1 aromatic heterocycles. The van der Waals surface area contributed by atoms with Gasteiger partial charge in [0, 0.05) is 23.5 Å². The van der Waals surface area contributed by atoms with Crippen molar-refractivity contribution in [3.8, 4) is 0 Å². The number of rotatable bonds is 5. The molecule has 2 aromatic rings. The summed E-state index contributed by atoms with van der Waals surface area (Å²) in [5.74, 6) is 0.382. The Balaban J connectivity index is 2.16. The molecule has 4 nitrogen and oxygen atoms in total. The highest BCUT2D eigenvalue weighted by atomic mass is 35.5. The fraction of sp³-hybridized carbons (Fsp3) is 0.200. The molecule has 0 bridgehead atoms. The zero-order valence-corrected chi connectivity index (χ0v) is 11.9. The van der Waals surface area contributed by atoms with E-state index in [2.05, 4.69) is 22.5 Å². The first-order valence-electron chi connectivity index (χ1n) is 6.46. The lowest BCUT2D eigenvalue weighted by Crippen LogP contribution is -2.16. The van der Waals surface area contributed by atoms with Crippen LogP contribution in [-0.4, -0.2) is 17.4 Å². The van der Waals surface area contributed by atoms with Crippen LogP contribution in [0, 0.1) is 0 Å². The van der Waals surface area contributed by atoms with Crippen molar-refractivity contribution in [2.75, 3.05) is 17.2 Å². The predicted octanol–water partition coefficient (Wildman–Crippen LogP) is 3.81. The maximum Gasteiger partial charge on any atom is 0.259 e. The van der Waals surface area contributed by atoms with Crippen molar-refractivity contribution in [3.63, 3.8) is 0 Å². The van der Waals surface area contributed by atoms with Gasteiger partial charge in [-0.25, -0.2) is 4.98 Å². The van der Waals surface area contributed by atoms with Crippen LogP contribution in [0.15, 0.2) is 42.6 Å². The molecule has 0 saturated carbocycles. The molecule has 2 rings (SSSR count). The van der Waals surface area contributed by atoms with E-state index in [0.717, 1.165) is 13.0 Å². The summed E-state index contributed by atoms with van der Waals surface area (Å²) in [5, 5.41) is 6.54. The number of hydrogen-bond donors (Lipinski definition) is 2. The molecule has 0 aliphatic heterocycles. The molecule has 5 heteroatoms. The van der Waals surface area contributed by atoms with E-state index in [4.69, 9.17) is 11.6 Å². The van der Waals surface area contributed by atoms with Gasteiger partial charge < -0.3 is 10.6 Å². The lowest BCUT2D eigenvalue weighted by Gasteiger charge is -2.10. The number of nitrogens with one attached hydrogen (secondary N) is 2. The number of halogens is 1. The molecule has 104 valence electrons. The summed E-state index contributed by atoms with van der Waals surface area (Å²) in [7, 11) is 0. The number of carbonyl (C=O) groups is 1. The van der Waals surface area contributed by atoms with E-state index >= 15 is 0 Å². The van der Waals surface area contributed by atoms with E-state index in [9.17, 15) is 4.79 Å². The fourth-order valence-electron chi connectivity index (χ4n) is 1.74. The number of benzene rings is 1. The third-order valence-electron chi connectivity index (χ3n) is 2.68. The maximum atomic E-state index is 12.3. The van der Waals surface area contributed by atoms with Crippen LogP contribution in [0.3, 0.4) is 0 Å². The van der Waals surface area contributed by atoms with Crippen LogP contribution >= 0.6 is 11.6 Å². The third-order valence-corrected chi connectivity index (χ3v) is 2.91. The van der Waals surface area contributed by atoms with Crippen molar-refractivity contribution < 1.29 is 4.79 Å². The molecule has 0 aliphatic rings. The minimum Gasteiger partial charge on any atom is -0.369 e. The summed E-state index contributed by atoms with van der Waals surface area (Å²) in [6.07, 6.45) is 2.63. The van der Waals surface area contributed by atoms with Crippen molar-refractivity contribution in [3.05, 3.63) is 53.2 Å². The van der Waals surface area contributed by atoms with Gasteiger partial charge >= 0.3 is 0 Å². The standard InChI is InChI=1S/C15H16ClN3O/c1-2-8-17-14-13(7-4-9-18-14)15(20)19-12-6-3-5-11(16)10-12/h3-7,9-10H,2,8H2,1H3,(H,17,18)(H,19,20). The molecule has 1 aromatic carbocycles. The Hall–Kier alpha value is -2.07. The average molecular weight is 290 g/mol. The van der Waals surface area contributed by atoms with Crippen molar-refractivity contribution >= 4 is 29.0 Å². The number of anilines is 2. The number of aromatic nitrogens is 1. The molecule has 0 atom stereocenters. The Morgan fingerprint density at radius 2 is 2.15 bits per heavy atom. The fourth-order valence-corrected chi connectivity index (χ4v) is 1.93. The number of nitrogens with zero attached hydrogens (tertiary/aromatic N) is 1. The molecular weight excluding hydrogens is 274 g/mol. The monoisotopic (exact) mass is 289 g/mol. The van der Waals surface area contributed by atoms with Gasteiger partial charge in [0.2, 0.25) is 0 Å². The number of pyridine rings is 1. The van der Waals surface area contributed by atoms with Crippen LogP contribution in [0.4, 0.5) is 11.5 Å². The van der Waals surface area contributed by atoms with Gasteiger partial charge in [-0.3, -0.25) is 4.79 Å². The van der Waals surface area contributed by atoms with Crippen molar-refractivity contribution in [2.24, 2.45) is 0 Å². The van der Waals surface area contributed by atoms with Crippen LogP contribution in [0.2, 0.25) is 5.02 Å². The predicted molar refractivity (Wildman–Crippen MR) is 82.4 cm³/mol. The molecule has 2 N–H and O–H groups in total. The molecule has 20 heavy (non-hydrogen) atoms. The minimum atomic E-state index is -0.209. The van der Waals surface area contributed by atoms with Gasteiger partial charge in [0.1, 0.15) is 5.82 Å². The molecule has 1 heterocycles. The van der Waals surface area contributed by atoms with Gasteiger partial charge in [-0.15, -0.1) is 0 Å². The molecule has 0 aliphatic carbocycles. The summed E-state index contributed by atoms with van der Waals surface area (Å²) in [6.45, 7) is 2.83. The maximum absolute atomic E-state index is 12.3. The first-order chi connectivity index (χ1) is 9.70. The smallest absolute Gasteiger partial charge is 0.259 e. The second-order valence-electron chi connectivity index (χ2n) is 4.29. The number of hydrogen-bond acceptors (Lipinski definition) is 3. The zero-order chi connectivity index (χ0) is 14.4. The Morgan fingerprint density at radius 1 is 1.30 bits per heavy atom. The highest BCUT2D eigenvalue weighted by Crippen LogP contribution is 2.18. The summed E-state index contributed by atoms with van der Waals surface area (Å²) < 4.78 is 0. The van der Waals surface area contributed by atoms with Gasteiger partial charge in [0.15, 0.2) is 0 Å². The highest BCUT2D eigenvalue weighted by molar-refractivity contribution is 6.31. The Labute approximate surface area is 123 Å². The Kier molecular flexibility index (Phi) is 4.96. The van der Waals surface area contributed by atoms with Crippen LogP contribution in [0.5, 0.6) is 0 Å². The summed E-state index contributed by atoms with van der Waals surface area (Å²) in [5.41, 5.74) is 1.17. The summed E-state index contributed by atoms with van der Waals surface area (Å²) in [6, 6.07) is 10.5. The molecule has 0 radical (unpaired) electrons. The van der Waals surface area contributed by atoms with Gasteiger partial charge in [-0.05, 0) is 36.8 Å². The van der Waals surface area contributed by atoms with E-state index in [1.807, 2.05) is 0 Å². The van der Waals surface area contributed by atoms with Gasteiger partial charge in [0.05, 0.1) is 5.56 Å². The molecule has 1 amide bonds. The van der Waals surface area contributed by atoms with Crippen LogP contribution < -0.4 is 10.6 Å². The summed E-state index contributed by atoms with van der Waals surface area (Å²) in [4.78, 5) is 16.5. The van der Waals surface area contributed by atoms with Gasteiger partial charge in [0.25, 0.3) is 5.91 Å². The Morgan fingerprint density at radius 3 is 2.90 bits per heavy atom. The van der Waals surface area contributed by atoms with E-state index in [0.29, 0.717) is 22.1 Å². The minimum absolute atomic E-state index is 0.209. The van der Waals surface area contributed by atoms with Crippen molar-refractivity contribution in [2.45, 2.75) is 13.3 Å². The van der Waals surface area contributed by atoms with Crippen LogP contribution in [0.1, 0.15) is 23.7 Å². The normalized spacial score (nSPS) is 10.1. The zero-order valence-electron chi connectivity index (χ0n) is 11.2. The largest absolute Gasteiger partial charge is 0.369 e. The third kappa shape index (κ3) is 3.71. The van der Waals surface area contributed by atoms with Crippen molar-refractivity contribution in [1.82, 2.24) is 4.98 Å². The van der Waals surface area contributed by atoms with Gasteiger partial charge in [-0.2, -0.15) is 0 Å². The quantitative estimate of drug-likeness (QED) is 0.880. The van der Waals surface area contributed by atoms with E-state index in [1.54, 1.807) is 42.6 Å². The van der Waals surface area contributed by atoms with Crippen molar-refractivity contribution in [1.29, 1.82) is 0 Å². The summed E-state index contributed by atoms with van der Waals surface area (Å²) >= 11 is 5.90. The van der Waals surface area contributed by atoms with E-state index < -0.39 is 0 Å². The number of carbonyl (C=O) groups excluding carboxylic acids is 1. The second-order valence-corrected chi connectivity index (χ2v) is 4.73. The van der Waals surface area contributed by atoms with Crippen LogP contribution in [-0.2, 0) is 0 Å².